The van der Waals surface area contributed by atoms with E-state index in [4.69, 9.17) is 9.47 Å². The Bertz CT molecular complexity index is 968. The van der Waals surface area contributed by atoms with Crippen molar-refractivity contribution in [2.45, 2.75) is 13.8 Å². The average molecular weight is 417 g/mol. The highest BCUT2D eigenvalue weighted by Crippen LogP contribution is 2.22. The van der Waals surface area contributed by atoms with Crippen molar-refractivity contribution < 1.29 is 14.3 Å². The van der Waals surface area contributed by atoms with Crippen LogP contribution in [0, 0.1) is 0 Å². The molecule has 1 N–H and O–H groups in total. The Kier molecular flexibility index (Phi) is 8.12. The standard InChI is InChI=1S/C26H28N2O3/c1-3-30-24-16-12-22(13-17-24)27-26(29)28(20-8-11-21-9-6-5-7-10-21)23-14-18-25(19-15-23)31-4-2/h5-19H,3-4,20H2,1-2H3,(H,27,29)/b11-8+. The number of ether oxygens (including phenoxy) is 2. The summed E-state index contributed by atoms with van der Waals surface area (Å²) in [5.41, 5.74) is 2.57. The molecule has 0 aliphatic carbocycles. The monoisotopic (exact) mass is 416 g/mol. The molecule has 5 nitrogen and oxygen atoms in total. The van der Waals surface area contributed by atoms with Gasteiger partial charge in [0.2, 0.25) is 0 Å². The number of urea groups is 1. The van der Waals surface area contributed by atoms with Gasteiger partial charge in [0.05, 0.1) is 13.2 Å². The van der Waals surface area contributed by atoms with E-state index in [-0.39, 0.29) is 6.03 Å². The lowest BCUT2D eigenvalue weighted by atomic mass is 10.2. The van der Waals surface area contributed by atoms with Crippen LogP contribution in [0.25, 0.3) is 6.08 Å². The number of hydrogen-bond donors (Lipinski definition) is 1. The van der Waals surface area contributed by atoms with Crippen molar-refractivity contribution in [3.8, 4) is 11.5 Å². The number of amides is 2. The lowest BCUT2D eigenvalue weighted by Crippen LogP contribution is -2.35. The molecule has 0 radical (unpaired) electrons. The summed E-state index contributed by atoms with van der Waals surface area (Å²) in [5, 5.41) is 2.96. The third-order valence-corrected chi connectivity index (χ3v) is 4.52. The fourth-order valence-electron chi connectivity index (χ4n) is 3.05. The first kappa shape index (κ1) is 22.0. The molecule has 0 atom stereocenters. The highest BCUT2D eigenvalue weighted by Gasteiger charge is 2.15. The Morgan fingerprint density at radius 1 is 0.839 bits per heavy atom. The average Bonchev–Trinajstić information content (AvgIpc) is 2.80. The van der Waals surface area contributed by atoms with Crippen LogP contribution in [0.4, 0.5) is 16.2 Å². The molecule has 0 aromatic heterocycles. The number of anilines is 2. The van der Waals surface area contributed by atoms with Crippen LogP contribution >= 0.6 is 0 Å². The third kappa shape index (κ3) is 6.64. The summed E-state index contributed by atoms with van der Waals surface area (Å²) in [5.74, 6) is 1.55. The van der Waals surface area contributed by atoms with Gasteiger partial charge in [-0.2, -0.15) is 0 Å². The zero-order valence-corrected chi connectivity index (χ0v) is 18.0. The SMILES string of the molecule is CCOc1ccc(NC(=O)N(C/C=C/c2ccccc2)c2ccc(OCC)cc2)cc1. The van der Waals surface area contributed by atoms with Crippen molar-refractivity contribution in [2.24, 2.45) is 0 Å². The third-order valence-electron chi connectivity index (χ3n) is 4.52. The first-order valence-electron chi connectivity index (χ1n) is 10.5. The molecule has 0 spiro atoms. The van der Waals surface area contributed by atoms with Crippen LogP contribution in [0.1, 0.15) is 19.4 Å². The highest BCUT2D eigenvalue weighted by molar-refractivity contribution is 6.02. The van der Waals surface area contributed by atoms with Gasteiger partial charge in [0.25, 0.3) is 0 Å². The van der Waals surface area contributed by atoms with Gasteiger partial charge >= 0.3 is 6.03 Å². The molecule has 3 rings (SSSR count). The smallest absolute Gasteiger partial charge is 0.326 e. The van der Waals surface area contributed by atoms with Crippen LogP contribution in [0.5, 0.6) is 11.5 Å². The first-order chi connectivity index (χ1) is 15.2. The first-order valence-corrected chi connectivity index (χ1v) is 10.5. The molecule has 0 aliphatic rings. The van der Waals surface area contributed by atoms with Crippen LogP contribution in [0.15, 0.2) is 84.9 Å². The van der Waals surface area contributed by atoms with E-state index in [1.165, 1.54) is 0 Å². The van der Waals surface area contributed by atoms with Gasteiger partial charge in [0.15, 0.2) is 0 Å². The summed E-state index contributed by atoms with van der Waals surface area (Å²) < 4.78 is 11.0. The van der Waals surface area contributed by atoms with Crippen LogP contribution in [0.2, 0.25) is 0 Å². The van der Waals surface area contributed by atoms with Gasteiger partial charge in [-0.05, 0) is 67.9 Å². The minimum absolute atomic E-state index is 0.217. The van der Waals surface area contributed by atoms with Crippen molar-refractivity contribution in [1.82, 2.24) is 0 Å². The summed E-state index contributed by atoms with van der Waals surface area (Å²) in [4.78, 5) is 14.8. The van der Waals surface area contributed by atoms with Crippen molar-refractivity contribution in [3.05, 3.63) is 90.5 Å². The van der Waals surface area contributed by atoms with Gasteiger partial charge < -0.3 is 14.8 Å². The molecule has 0 bridgehead atoms. The minimum Gasteiger partial charge on any atom is -0.494 e. The highest BCUT2D eigenvalue weighted by atomic mass is 16.5. The predicted octanol–water partition coefficient (Wildman–Crippen LogP) is 6.24. The molecule has 0 unspecified atom stereocenters. The number of nitrogens with one attached hydrogen (secondary N) is 1. The molecular weight excluding hydrogens is 388 g/mol. The molecule has 3 aromatic carbocycles. The Balaban J connectivity index is 1.76. The minimum atomic E-state index is -0.217. The number of nitrogens with zero attached hydrogens (tertiary/aromatic N) is 1. The molecule has 0 saturated heterocycles. The van der Waals surface area contributed by atoms with E-state index in [1.807, 2.05) is 105 Å². The van der Waals surface area contributed by atoms with E-state index in [1.54, 1.807) is 4.90 Å². The summed E-state index contributed by atoms with van der Waals surface area (Å²) in [7, 11) is 0. The predicted molar refractivity (Wildman–Crippen MR) is 127 cm³/mol. The molecule has 31 heavy (non-hydrogen) atoms. The molecule has 0 aliphatic heterocycles. The molecular formula is C26H28N2O3. The molecule has 2 amide bonds. The lowest BCUT2D eigenvalue weighted by Gasteiger charge is -2.22. The zero-order valence-electron chi connectivity index (χ0n) is 18.0. The molecule has 0 saturated carbocycles. The summed E-state index contributed by atoms with van der Waals surface area (Å²) >= 11 is 0. The van der Waals surface area contributed by atoms with Crippen molar-refractivity contribution in [2.75, 3.05) is 30.0 Å². The van der Waals surface area contributed by atoms with E-state index in [9.17, 15) is 4.79 Å². The number of rotatable bonds is 9. The van der Waals surface area contributed by atoms with Gasteiger partial charge in [-0.15, -0.1) is 0 Å². The van der Waals surface area contributed by atoms with Crippen molar-refractivity contribution >= 4 is 23.5 Å². The Morgan fingerprint density at radius 2 is 1.42 bits per heavy atom. The van der Waals surface area contributed by atoms with Crippen molar-refractivity contribution in [1.29, 1.82) is 0 Å². The van der Waals surface area contributed by atoms with Gasteiger partial charge in [0.1, 0.15) is 11.5 Å². The molecule has 0 fully saturated rings. The maximum atomic E-state index is 13.1. The molecule has 5 heteroatoms. The molecule has 3 aromatic rings. The van der Waals surface area contributed by atoms with E-state index >= 15 is 0 Å². The Morgan fingerprint density at radius 3 is 2.00 bits per heavy atom. The fourth-order valence-corrected chi connectivity index (χ4v) is 3.05. The number of hydrogen-bond acceptors (Lipinski definition) is 3. The second-order valence-electron chi connectivity index (χ2n) is 6.74. The number of carbonyl (C=O) groups excluding carboxylic acids is 1. The van der Waals surface area contributed by atoms with Crippen LogP contribution < -0.4 is 19.7 Å². The normalized spacial score (nSPS) is 10.6. The van der Waals surface area contributed by atoms with Crippen molar-refractivity contribution in [3.63, 3.8) is 0 Å². The zero-order chi connectivity index (χ0) is 21.9. The van der Waals surface area contributed by atoms with E-state index in [2.05, 4.69) is 5.32 Å². The summed E-state index contributed by atoms with van der Waals surface area (Å²) in [6.07, 6.45) is 3.98. The Labute approximate surface area is 183 Å². The van der Waals surface area contributed by atoms with Gasteiger partial charge in [0, 0.05) is 17.9 Å². The maximum absolute atomic E-state index is 13.1. The van der Waals surface area contributed by atoms with E-state index in [0.29, 0.717) is 25.4 Å². The van der Waals surface area contributed by atoms with E-state index < -0.39 is 0 Å². The second kappa shape index (κ2) is 11.5. The summed E-state index contributed by atoms with van der Waals surface area (Å²) in [6, 6.07) is 24.7. The number of benzene rings is 3. The van der Waals surface area contributed by atoms with Crippen LogP contribution in [0.3, 0.4) is 0 Å². The van der Waals surface area contributed by atoms with Gasteiger partial charge in [-0.1, -0.05) is 42.5 Å². The largest absolute Gasteiger partial charge is 0.494 e. The maximum Gasteiger partial charge on any atom is 0.326 e. The van der Waals surface area contributed by atoms with Gasteiger partial charge in [-0.3, -0.25) is 4.90 Å². The fraction of sp³-hybridized carbons (Fsp3) is 0.192. The van der Waals surface area contributed by atoms with Crippen LogP contribution in [-0.2, 0) is 0 Å². The van der Waals surface area contributed by atoms with Gasteiger partial charge in [-0.25, -0.2) is 4.79 Å². The second-order valence-corrected chi connectivity index (χ2v) is 6.74. The van der Waals surface area contributed by atoms with E-state index in [0.717, 1.165) is 22.7 Å². The molecule has 0 heterocycles. The van der Waals surface area contributed by atoms with Crippen LogP contribution in [-0.4, -0.2) is 25.8 Å². The number of carbonyl (C=O) groups is 1. The Hall–Kier alpha value is -3.73. The molecule has 160 valence electrons. The topological polar surface area (TPSA) is 50.8 Å². The quantitative estimate of drug-likeness (QED) is 0.449. The summed E-state index contributed by atoms with van der Waals surface area (Å²) in [6.45, 7) is 5.50. The lowest BCUT2D eigenvalue weighted by molar-refractivity contribution is 0.257.